The van der Waals surface area contributed by atoms with Crippen molar-refractivity contribution in [3.05, 3.63) is 42.0 Å². The van der Waals surface area contributed by atoms with Gasteiger partial charge in [-0.25, -0.2) is 0 Å². The Kier molecular flexibility index (Phi) is 6.52. The molecule has 2 amide bonds. The molecule has 1 N–H and O–H groups in total. The first kappa shape index (κ1) is 20.1. The fourth-order valence-electron chi connectivity index (χ4n) is 3.51. The molecule has 0 atom stereocenters. The number of carbonyl (C=O) groups is 2. The summed E-state index contributed by atoms with van der Waals surface area (Å²) in [5.74, 6) is 0.647. The molecule has 0 radical (unpaired) electrons. The maximum atomic E-state index is 13.2. The summed E-state index contributed by atoms with van der Waals surface area (Å²) in [6, 6.07) is 12.0. The molecule has 1 saturated heterocycles. The first-order chi connectivity index (χ1) is 13.5. The van der Waals surface area contributed by atoms with Gasteiger partial charge in [0.25, 0.3) is 5.91 Å². The molecule has 1 heterocycles. The zero-order valence-electron chi connectivity index (χ0n) is 16.9. The fourth-order valence-corrected chi connectivity index (χ4v) is 3.51. The zero-order valence-corrected chi connectivity index (χ0v) is 16.9. The van der Waals surface area contributed by atoms with Crippen LogP contribution in [0, 0.1) is 0 Å². The molecular formula is C22H29N3O3. The molecule has 2 aromatic rings. The molecule has 0 spiro atoms. The molecule has 0 aromatic heterocycles. The smallest absolute Gasteiger partial charge is 0.257 e. The highest BCUT2D eigenvalue weighted by atomic mass is 16.5. The van der Waals surface area contributed by atoms with Crippen LogP contribution in [-0.2, 0) is 4.79 Å². The lowest BCUT2D eigenvalue weighted by Gasteiger charge is -2.34. The maximum absolute atomic E-state index is 13.2. The third-order valence-corrected chi connectivity index (χ3v) is 4.85. The Morgan fingerprint density at radius 2 is 1.71 bits per heavy atom. The lowest BCUT2D eigenvalue weighted by molar-refractivity contribution is -0.123. The van der Waals surface area contributed by atoms with Gasteiger partial charge in [-0.05, 0) is 43.7 Å². The van der Waals surface area contributed by atoms with Gasteiger partial charge in [-0.15, -0.1) is 0 Å². The van der Waals surface area contributed by atoms with Crippen LogP contribution in [0.4, 0.5) is 0 Å². The van der Waals surface area contributed by atoms with E-state index in [2.05, 4.69) is 10.2 Å². The zero-order chi connectivity index (χ0) is 20.1. The van der Waals surface area contributed by atoms with E-state index in [4.69, 9.17) is 4.74 Å². The largest absolute Gasteiger partial charge is 0.493 e. The summed E-state index contributed by atoms with van der Waals surface area (Å²) in [4.78, 5) is 29.1. The maximum Gasteiger partial charge on any atom is 0.257 e. The number of benzene rings is 2. The Hall–Kier alpha value is -2.60. The highest BCUT2D eigenvalue weighted by Crippen LogP contribution is 2.27. The van der Waals surface area contributed by atoms with Crippen LogP contribution in [0.2, 0.25) is 0 Å². The van der Waals surface area contributed by atoms with Crippen molar-refractivity contribution in [2.24, 2.45) is 0 Å². The topological polar surface area (TPSA) is 61.9 Å². The molecule has 6 nitrogen and oxygen atoms in total. The first-order valence-electron chi connectivity index (χ1n) is 9.94. The summed E-state index contributed by atoms with van der Waals surface area (Å²) in [5, 5.41) is 5.00. The number of ether oxygens (including phenoxy) is 1. The summed E-state index contributed by atoms with van der Waals surface area (Å²) in [6.45, 7) is 9.30. The molecule has 3 rings (SSSR count). The van der Waals surface area contributed by atoms with Crippen LogP contribution >= 0.6 is 0 Å². The van der Waals surface area contributed by atoms with Crippen molar-refractivity contribution in [2.45, 2.75) is 26.8 Å². The number of rotatable bonds is 6. The van der Waals surface area contributed by atoms with Crippen molar-refractivity contribution in [3.63, 3.8) is 0 Å². The van der Waals surface area contributed by atoms with Crippen molar-refractivity contribution in [2.75, 3.05) is 39.3 Å². The van der Waals surface area contributed by atoms with E-state index < -0.39 is 0 Å². The van der Waals surface area contributed by atoms with E-state index >= 15 is 0 Å². The molecule has 150 valence electrons. The number of piperazine rings is 1. The van der Waals surface area contributed by atoms with Crippen molar-refractivity contribution >= 4 is 22.6 Å². The number of nitrogens with one attached hydrogen (secondary N) is 1. The van der Waals surface area contributed by atoms with Gasteiger partial charge in [0.05, 0.1) is 18.7 Å². The summed E-state index contributed by atoms with van der Waals surface area (Å²) >= 11 is 0. The van der Waals surface area contributed by atoms with E-state index in [0.717, 1.165) is 10.8 Å². The molecule has 28 heavy (non-hydrogen) atoms. The average molecular weight is 383 g/mol. The van der Waals surface area contributed by atoms with Gasteiger partial charge >= 0.3 is 0 Å². The average Bonchev–Trinajstić information content (AvgIpc) is 2.67. The van der Waals surface area contributed by atoms with Gasteiger partial charge in [-0.1, -0.05) is 24.3 Å². The van der Waals surface area contributed by atoms with Crippen molar-refractivity contribution in [3.8, 4) is 5.75 Å². The molecule has 1 aliphatic heterocycles. The lowest BCUT2D eigenvalue weighted by atomic mass is 10.0. The predicted octanol–water partition coefficient (Wildman–Crippen LogP) is 2.52. The van der Waals surface area contributed by atoms with Gasteiger partial charge in [0.2, 0.25) is 5.91 Å². The van der Waals surface area contributed by atoms with E-state index in [1.807, 2.05) is 62.1 Å². The molecule has 0 unspecified atom stereocenters. The van der Waals surface area contributed by atoms with Crippen LogP contribution in [0.5, 0.6) is 5.75 Å². The number of hydrogen-bond acceptors (Lipinski definition) is 4. The minimum atomic E-state index is -0.0134. The number of amides is 2. The van der Waals surface area contributed by atoms with Gasteiger partial charge in [-0.3, -0.25) is 14.5 Å². The Morgan fingerprint density at radius 3 is 2.32 bits per heavy atom. The highest BCUT2D eigenvalue weighted by Gasteiger charge is 2.25. The number of fused-ring (bicyclic) bond motifs is 1. The van der Waals surface area contributed by atoms with Crippen LogP contribution in [0.25, 0.3) is 10.8 Å². The van der Waals surface area contributed by atoms with Gasteiger partial charge in [-0.2, -0.15) is 0 Å². The second-order valence-electron chi connectivity index (χ2n) is 7.42. The summed E-state index contributed by atoms with van der Waals surface area (Å²) < 4.78 is 5.76. The monoisotopic (exact) mass is 383 g/mol. The van der Waals surface area contributed by atoms with E-state index in [1.54, 1.807) is 0 Å². The Bertz CT molecular complexity index is 842. The van der Waals surface area contributed by atoms with Crippen LogP contribution in [0.3, 0.4) is 0 Å². The van der Waals surface area contributed by atoms with Gasteiger partial charge < -0.3 is 15.0 Å². The number of carbonyl (C=O) groups excluding carboxylic acids is 2. The molecule has 0 saturated carbocycles. The minimum Gasteiger partial charge on any atom is -0.493 e. The van der Waals surface area contributed by atoms with Gasteiger partial charge in [0.15, 0.2) is 0 Å². The number of hydrogen-bond donors (Lipinski definition) is 1. The highest BCUT2D eigenvalue weighted by molar-refractivity contribution is 6.01. The molecular weight excluding hydrogens is 354 g/mol. The van der Waals surface area contributed by atoms with E-state index in [1.165, 1.54) is 0 Å². The third-order valence-electron chi connectivity index (χ3n) is 4.85. The molecule has 0 aliphatic carbocycles. The van der Waals surface area contributed by atoms with E-state index in [-0.39, 0.29) is 17.9 Å². The molecule has 1 aliphatic rings. The first-order valence-corrected chi connectivity index (χ1v) is 9.94. The van der Waals surface area contributed by atoms with Crippen LogP contribution in [0.15, 0.2) is 36.4 Å². The third kappa shape index (κ3) is 4.81. The Labute approximate surface area is 166 Å². The normalized spacial score (nSPS) is 15.1. The summed E-state index contributed by atoms with van der Waals surface area (Å²) in [6.07, 6.45) is 0. The van der Waals surface area contributed by atoms with E-state index in [9.17, 15) is 9.59 Å². The molecule has 1 fully saturated rings. The quantitative estimate of drug-likeness (QED) is 0.833. The van der Waals surface area contributed by atoms with Gasteiger partial charge in [0.1, 0.15) is 5.75 Å². The van der Waals surface area contributed by atoms with Crippen molar-refractivity contribution < 1.29 is 14.3 Å². The van der Waals surface area contributed by atoms with Crippen molar-refractivity contribution in [1.29, 1.82) is 0 Å². The van der Waals surface area contributed by atoms with Gasteiger partial charge in [0, 0.05) is 32.2 Å². The van der Waals surface area contributed by atoms with Crippen molar-refractivity contribution in [1.82, 2.24) is 15.1 Å². The molecule has 6 heteroatoms. The van der Waals surface area contributed by atoms with Crippen LogP contribution in [-0.4, -0.2) is 67.0 Å². The molecule has 0 bridgehead atoms. The van der Waals surface area contributed by atoms with E-state index in [0.29, 0.717) is 50.6 Å². The van der Waals surface area contributed by atoms with Crippen LogP contribution < -0.4 is 10.1 Å². The fraction of sp³-hybridized carbons (Fsp3) is 0.455. The van der Waals surface area contributed by atoms with Crippen LogP contribution in [0.1, 0.15) is 31.1 Å². The SMILES string of the molecule is CCOc1cc2ccccc2cc1C(=O)N1CCN(CC(=O)NC(C)C)CC1. The number of nitrogens with zero attached hydrogens (tertiary/aromatic N) is 2. The second kappa shape index (κ2) is 9.06. The predicted molar refractivity (Wildman–Crippen MR) is 111 cm³/mol. The standard InChI is InChI=1S/C22H29N3O3/c1-4-28-20-14-18-8-6-5-7-17(18)13-19(20)22(27)25-11-9-24(10-12-25)15-21(26)23-16(2)3/h5-8,13-14,16H,4,9-12,15H2,1-3H3,(H,23,26). The minimum absolute atomic E-state index is 0.0134. The second-order valence-corrected chi connectivity index (χ2v) is 7.42. The summed E-state index contributed by atoms with van der Waals surface area (Å²) in [5.41, 5.74) is 0.603. The summed E-state index contributed by atoms with van der Waals surface area (Å²) in [7, 11) is 0. The molecule has 2 aromatic carbocycles. The Morgan fingerprint density at radius 1 is 1.07 bits per heavy atom. The Balaban J connectivity index is 1.69. The lowest BCUT2D eigenvalue weighted by Crippen LogP contribution is -2.51.